The summed E-state index contributed by atoms with van der Waals surface area (Å²) in [5.41, 5.74) is 1.55. The van der Waals surface area contributed by atoms with E-state index in [-0.39, 0.29) is 18.9 Å². The van der Waals surface area contributed by atoms with Gasteiger partial charge in [0.1, 0.15) is 16.5 Å². The summed E-state index contributed by atoms with van der Waals surface area (Å²) in [6.07, 6.45) is 0.898. The number of carbonyl (C=O) groups excluding carboxylic acids is 1. The molecule has 7 nitrogen and oxygen atoms in total. The average molecular weight is 413 g/mol. The summed E-state index contributed by atoms with van der Waals surface area (Å²) >= 11 is 1.69. The molecule has 2 N–H and O–H groups in total. The molecule has 1 aromatic carbocycles. The van der Waals surface area contributed by atoms with Crippen LogP contribution in [0.15, 0.2) is 30.3 Å². The highest BCUT2D eigenvalue weighted by molar-refractivity contribution is 7.18. The predicted molar refractivity (Wildman–Crippen MR) is 115 cm³/mol. The zero-order valence-corrected chi connectivity index (χ0v) is 17.5. The molecule has 0 atom stereocenters. The lowest BCUT2D eigenvalue weighted by Crippen LogP contribution is -2.29. The maximum atomic E-state index is 12.4. The van der Waals surface area contributed by atoms with Crippen LogP contribution in [0.3, 0.4) is 0 Å². The molecule has 3 aromatic rings. The number of nitrogens with zero attached hydrogens (tertiary/aromatic N) is 3. The van der Waals surface area contributed by atoms with Crippen molar-refractivity contribution in [3.8, 4) is 0 Å². The lowest BCUT2D eigenvalue weighted by molar-refractivity contribution is -0.137. The number of fused-ring (bicyclic) bond motifs is 1. The van der Waals surface area contributed by atoms with E-state index < -0.39 is 5.97 Å². The molecule has 2 heterocycles. The second-order valence-corrected chi connectivity index (χ2v) is 7.94. The van der Waals surface area contributed by atoms with E-state index in [1.54, 1.807) is 30.5 Å². The van der Waals surface area contributed by atoms with Gasteiger partial charge in [-0.3, -0.25) is 9.59 Å². The maximum absolute atomic E-state index is 12.4. The van der Waals surface area contributed by atoms with Gasteiger partial charge >= 0.3 is 5.97 Å². The fourth-order valence-electron chi connectivity index (χ4n) is 2.92. The van der Waals surface area contributed by atoms with E-state index in [2.05, 4.69) is 28.3 Å². The Labute approximate surface area is 173 Å². The molecule has 152 valence electrons. The van der Waals surface area contributed by atoms with Crippen LogP contribution < -0.4 is 5.32 Å². The van der Waals surface area contributed by atoms with Gasteiger partial charge in [-0.1, -0.05) is 19.1 Å². The molecule has 0 saturated carbocycles. The van der Waals surface area contributed by atoms with Crippen LogP contribution in [0.4, 0.5) is 5.82 Å². The number of anilines is 1. The Morgan fingerprint density at radius 1 is 1.21 bits per heavy atom. The Morgan fingerprint density at radius 2 is 1.93 bits per heavy atom. The summed E-state index contributed by atoms with van der Waals surface area (Å²) in [6, 6.07) is 9.44. The maximum Gasteiger partial charge on any atom is 0.305 e. The van der Waals surface area contributed by atoms with Crippen molar-refractivity contribution in [2.45, 2.75) is 33.2 Å². The molecule has 0 unspecified atom stereocenters. The minimum Gasteiger partial charge on any atom is -0.481 e. The van der Waals surface area contributed by atoms with Crippen molar-refractivity contribution >= 4 is 39.2 Å². The van der Waals surface area contributed by atoms with E-state index in [9.17, 15) is 9.59 Å². The monoisotopic (exact) mass is 412 g/mol. The van der Waals surface area contributed by atoms with E-state index in [0.717, 1.165) is 33.8 Å². The molecule has 2 aromatic heterocycles. The van der Waals surface area contributed by atoms with Crippen molar-refractivity contribution in [3.63, 3.8) is 0 Å². The topological polar surface area (TPSA) is 95.4 Å². The molecule has 0 aliphatic carbocycles. The third kappa shape index (κ3) is 5.08. The van der Waals surface area contributed by atoms with Crippen molar-refractivity contribution in [1.29, 1.82) is 0 Å². The molecular formula is C21H24N4O3S. The van der Waals surface area contributed by atoms with E-state index in [1.165, 1.54) is 9.78 Å². The number of benzene rings is 1. The molecule has 8 heteroatoms. The fraction of sp³-hybridized carbons (Fsp3) is 0.333. The first-order valence-corrected chi connectivity index (χ1v) is 10.3. The zero-order chi connectivity index (χ0) is 21.0. The second-order valence-electron chi connectivity index (χ2n) is 6.83. The Morgan fingerprint density at radius 3 is 2.59 bits per heavy atom. The zero-order valence-electron chi connectivity index (χ0n) is 16.7. The van der Waals surface area contributed by atoms with Gasteiger partial charge in [0, 0.05) is 30.6 Å². The Balaban J connectivity index is 1.68. The quantitative estimate of drug-likeness (QED) is 0.585. The van der Waals surface area contributed by atoms with E-state index in [1.807, 2.05) is 19.1 Å². The van der Waals surface area contributed by atoms with Gasteiger partial charge in [0.25, 0.3) is 5.91 Å². The Hall–Kier alpha value is -3.00. The summed E-state index contributed by atoms with van der Waals surface area (Å²) < 4.78 is 0. The van der Waals surface area contributed by atoms with Crippen molar-refractivity contribution < 1.29 is 14.7 Å². The highest BCUT2D eigenvalue weighted by Gasteiger charge is 2.13. The van der Waals surface area contributed by atoms with Gasteiger partial charge in [-0.2, -0.15) is 0 Å². The predicted octanol–water partition coefficient (Wildman–Crippen LogP) is 3.72. The number of carboxylic acid groups (broad SMARTS) is 1. The molecule has 29 heavy (non-hydrogen) atoms. The molecular weight excluding hydrogens is 388 g/mol. The SMILES string of the molecule is CCc1cc2c(NCc3ccc(C(=O)N(C)CCC(=O)O)cc3)nc(C)nc2s1. The minimum absolute atomic E-state index is 0.0700. The number of rotatable bonds is 8. The summed E-state index contributed by atoms with van der Waals surface area (Å²) in [6.45, 7) is 4.77. The Kier molecular flexibility index (Phi) is 6.43. The normalized spacial score (nSPS) is 10.9. The van der Waals surface area contributed by atoms with Crippen LogP contribution >= 0.6 is 11.3 Å². The lowest BCUT2D eigenvalue weighted by Gasteiger charge is -2.16. The number of carbonyl (C=O) groups is 2. The molecule has 1 amide bonds. The highest BCUT2D eigenvalue weighted by Crippen LogP contribution is 2.29. The number of amides is 1. The van der Waals surface area contributed by atoms with Gasteiger partial charge in [-0.05, 0) is 37.1 Å². The molecule has 0 bridgehead atoms. The van der Waals surface area contributed by atoms with E-state index in [4.69, 9.17) is 5.11 Å². The fourth-order valence-corrected chi connectivity index (χ4v) is 3.94. The number of carboxylic acids is 1. The van der Waals surface area contributed by atoms with Crippen LogP contribution in [-0.2, 0) is 17.8 Å². The Bertz CT molecular complexity index is 1030. The average Bonchev–Trinajstić information content (AvgIpc) is 3.13. The van der Waals surface area contributed by atoms with Gasteiger partial charge in [-0.15, -0.1) is 11.3 Å². The van der Waals surface area contributed by atoms with Crippen molar-refractivity contribution in [3.05, 3.63) is 52.2 Å². The van der Waals surface area contributed by atoms with E-state index >= 15 is 0 Å². The number of thiophene rings is 1. The van der Waals surface area contributed by atoms with Crippen LogP contribution in [0, 0.1) is 6.92 Å². The number of aryl methyl sites for hydroxylation is 2. The van der Waals surface area contributed by atoms with Crippen molar-refractivity contribution in [1.82, 2.24) is 14.9 Å². The summed E-state index contributed by atoms with van der Waals surface area (Å²) in [4.78, 5) is 35.8. The van der Waals surface area contributed by atoms with E-state index in [0.29, 0.717) is 12.1 Å². The first kappa shape index (κ1) is 20.7. The van der Waals surface area contributed by atoms with Crippen molar-refractivity contribution in [2.75, 3.05) is 18.9 Å². The molecule has 0 fully saturated rings. The van der Waals surface area contributed by atoms with Gasteiger partial charge in [0.15, 0.2) is 0 Å². The second kappa shape index (κ2) is 9.00. The summed E-state index contributed by atoms with van der Waals surface area (Å²) in [7, 11) is 1.61. The van der Waals surface area contributed by atoms with Crippen LogP contribution in [-0.4, -0.2) is 45.4 Å². The first-order chi connectivity index (χ1) is 13.9. The smallest absolute Gasteiger partial charge is 0.305 e. The first-order valence-electron chi connectivity index (χ1n) is 9.44. The number of hydrogen-bond donors (Lipinski definition) is 2. The number of aromatic nitrogens is 2. The molecule has 3 rings (SSSR count). The van der Waals surface area contributed by atoms with Gasteiger partial charge < -0.3 is 15.3 Å². The molecule has 0 spiro atoms. The summed E-state index contributed by atoms with van der Waals surface area (Å²) in [5.74, 6) is 0.438. The minimum atomic E-state index is -0.920. The van der Waals surface area contributed by atoms with Gasteiger partial charge in [0.05, 0.1) is 11.8 Å². The van der Waals surface area contributed by atoms with Crippen LogP contribution in [0.25, 0.3) is 10.2 Å². The standard InChI is InChI=1S/C21H24N4O3S/c1-4-16-11-17-19(23-13(2)24-20(17)29-16)22-12-14-5-7-15(8-6-14)21(28)25(3)10-9-18(26)27/h5-8,11H,4,9-10,12H2,1-3H3,(H,26,27)(H,22,23,24). The third-order valence-corrected chi connectivity index (χ3v) is 5.75. The van der Waals surface area contributed by atoms with Crippen LogP contribution in [0.1, 0.15) is 40.0 Å². The van der Waals surface area contributed by atoms with Crippen LogP contribution in [0.5, 0.6) is 0 Å². The van der Waals surface area contributed by atoms with Gasteiger partial charge in [-0.25, -0.2) is 9.97 Å². The molecule has 0 aliphatic heterocycles. The summed E-state index contributed by atoms with van der Waals surface area (Å²) in [5, 5.41) is 13.2. The van der Waals surface area contributed by atoms with Crippen LogP contribution in [0.2, 0.25) is 0 Å². The highest BCUT2D eigenvalue weighted by atomic mass is 32.1. The number of nitrogens with one attached hydrogen (secondary N) is 1. The van der Waals surface area contributed by atoms with Crippen molar-refractivity contribution in [2.24, 2.45) is 0 Å². The van der Waals surface area contributed by atoms with Gasteiger partial charge in [0.2, 0.25) is 0 Å². The number of aliphatic carboxylic acids is 1. The third-order valence-electron chi connectivity index (χ3n) is 4.57. The molecule has 0 aliphatic rings. The molecule has 0 saturated heterocycles. The number of hydrogen-bond acceptors (Lipinski definition) is 6. The lowest BCUT2D eigenvalue weighted by atomic mass is 10.1. The largest absolute Gasteiger partial charge is 0.481 e. The molecule has 0 radical (unpaired) electrons.